The fourth-order valence-corrected chi connectivity index (χ4v) is 1.60. The Balaban J connectivity index is 1.99. The van der Waals surface area contributed by atoms with Crippen molar-refractivity contribution in [2.24, 2.45) is 0 Å². The van der Waals surface area contributed by atoms with Crippen LogP contribution in [-0.2, 0) is 0 Å². The zero-order valence-corrected chi connectivity index (χ0v) is 10.6. The quantitative estimate of drug-likeness (QED) is 0.803. The third kappa shape index (κ3) is 3.54. The van der Waals surface area contributed by atoms with E-state index in [1.807, 2.05) is 6.07 Å². The Morgan fingerprint density at radius 1 is 1.32 bits per heavy atom. The maximum Gasteiger partial charge on any atom is 0.200 e. The van der Waals surface area contributed by atoms with Gasteiger partial charge in [0.2, 0.25) is 0 Å². The molecule has 19 heavy (non-hydrogen) atoms. The van der Waals surface area contributed by atoms with Crippen molar-refractivity contribution in [2.75, 3.05) is 6.61 Å². The van der Waals surface area contributed by atoms with Gasteiger partial charge in [0.25, 0.3) is 0 Å². The number of halogens is 1. The smallest absolute Gasteiger partial charge is 0.200 e. The predicted octanol–water partition coefficient (Wildman–Crippen LogP) is 2.87. The molecule has 0 bridgehead atoms. The van der Waals surface area contributed by atoms with E-state index in [9.17, 15) is 4.79 Å². The fraction of sp³-hybridized carbons (Fsp3) is 0.0714. The van der Waals surface area contributed by atoms with Crippen molar-refractivity contribution in [3.63, 3.8) is 0 Å². The van der Waals surface area contributed by atoms with Gasteiger partial charge in [0.05, 0.1) is 22.9 Å². The Bertz CT molecular complexity index is 633. The number of nitrogens with zero attached hydrogens (tertiary/aromatic N) is 2. The van der Waals surface area contributed by atoms with Crippen molar-refractivity contribution in [1.29, 1.82) is 5.26 Å². The van der Waals surface area contributed by atoms with E-state index in [0.717, 1.165) is 0 Å². The molecular formula is C14H9ClN2O2. The monoisotopic (exact) mass is 272 g/mol. The van der Waals surface area contributed by atoms with Crippen molar-refractivity contribution in [3.05, 3.63) is 58.9 Å². The molecule has 0 saturated heterocycles. The van der Waals surface area contributed by atoms with Crippen molar-refractivity contribution in [2.45, 2.75) is 0 Å². The Labute approximate surface area is 115 Å². The molecule has 0 amide bonds. The van der Waals surface area contributed by atoms with Crippen LogP contribution in [0.3, 0.4) is 0 Å². The second kappa shape index (κ2) is 5.98. The number of rotatable bonds is 4. The van der Waals surface area contributed by atoms with Gasteiger partial charge >= 0.3 is 0 Å². The van der Waals surface area contributed by atoms with Crippen molar-refractivity contribution < 1.29 is 9.53 Å². The summed E-state index contributed by atoms with van der Waals surface area (Å²) in [5.41, 5.74) is 1.01. The second-order valence-corrected chi connectivity index (χ2v) is 4.18. The van der Waals surface area contributed by atoms with Crippen LogP contribution >= 0.6 is 11.6 Å². The Morgan fingerprint density at radius 2 is 2.05 bits per heavy atom. The molecule has 0 unspecified atom stereocenters. The van der Waals surface area contributed by atoms with E-state index in [2.05, 4.69) is 4.98 Å². The first-order valence-electron chi connectivity index (χ1n) is 5.46. The Kier molecular flexibility index (Phi) is 4.11. The standard InChI is InChI=1S/C14H9ClN2O2/c15-12-5-13(8-17-7-12)19-9-14(18)11-3-1-10(6-16)2-4-11/h1-5,7-8H,9H2. The third-order valence-corrected chi connectivity index (χ3v) is 2.59. The summed E-state index contributed by atoms with van der Waals surface area (Å²) >= 11 is 5.75. The fourth-order valence-electron chi connectivity index (χ4n) is 1.43. The van der Waals surface area contributed by atoms with Crippen LogP contribution in [0, 0.1) is 11.3 Å². The van der Waals surface area contributed by atoms with Gasteiger partial charge in [-0.25, -0.2) is 0 Å². The molecule has 0 N–H and O–H groups in total. The van der Waals surface area contributed by atoms with Crippen molar-refractivity contribution >= 4 is 17.4 Å². The number of aromatic nitrogens is 1. The molecule has 1 aromatic heterocycles. The summed E-state index contributed by atoms with van der Waals surface area (Å²) in [6.07, 6.45) is 2.97. The lowest BCUT2D eigenvalue weighted by molar-refractivity contribution is 0.0921. The number of ether oxygens (including phenoxy) is 1. The van der Waals surface area contributed by atoms with Gasteiger partial charge in [-0.2, -0.15) is 5.26 Å². The molecule has 2 rings (SSSR count). The van der Waals surface area contributed by atoms with Gasteiger partial charge in [0.1, 0.15) is 5.75 Å². The van der Waals surface area contributed by atoms with Crippen molar-refractivity contribution in [3.8, 4) is 11.8 Å². The Morgan fingerprint density at radius 3 is 2.68 bits per heavy atom. The molecule has 0 aliphatic carbocycles. The first kappa shape index (κ1) is 13.1. The summed E-state index contributed by atoms with van der Waals surface area (Å²) < 4.78 is 5.30. The maximum absolute atomic E-state index is 11.8. The molecule has 0 aliphatic rings. The largest absolute Gasteiger partial charge is 0.484 e. The molecule has 5 heteroatoms. The minimum absolute atomic E-state index is 0.103. The van der Waals surface area contributed by atoms with Crippen LogP contribution in [0.15, 0.2) is 42.7 Å². The van der Waals surface area contributed by atoms with E-state index in [0.29, 0.717) is 21.9 Å². The van der Waals surface area contributed by atoms with Crippen LogP contribution in [0.5, 0.6) is 5.75 Å². The topological polar surface area (TPSA) is 63.0 Å². The number of carbonyl (C=O) groups excluding carboxylic acids is 1. The average Bonchev–Trinajstić information content (AvgIpc) is 2.45. The average molecular weight is 273 g/mol. The van der Waals surface area contributed by atoms with E-state index in [4.69, 9.17) is 21.6 Å². The van der Waals surface area contributed by atoms with Crippen LogP contribution < -0.4 is 4.74 Å². The molecule has 0 aliphatic heterocycles. The number of nitriles is 1. The maximum atomic E-state index is 11.8. The molecule has 4 nitrogen and oxygen atoms in total. The molecule has 1 aromatic carbocycles. The SMILES string of the molecule is N#Cc1ccc(C(=O)COc2cncc(Cl)c2)cc1. The lowest BCUT2D eigenvalue weighted by atomic mass is 10.1. The molecule has 0 radical (unpaired) electrons. The summed E-state index contributed by atoms with van der Waals surface area (Å²) in [7, 11) is 0. The van der Waals surface area contributed by atoms with E-state index in [1.54, 1.807) is 30.3 Å². The number of benzene rings is 1. The van der Waals surface area contributed by atoms with E-state index >= 15 is 0 Å². The highest BCUT2D eigenvalue weighted by atomic mass is 35.5. The van der Waals surface area contributed by atoms with Gasteiger partial charge in [-0.15, -0.1) is 0 Å². The zero-order valence-electron chi connectivity index (χ0n) is 9.84. The third-order valence-electron chi connectivity index (χ3n) is 2.39. The zero-order chi connectivity index (χ0) is 13.7. The van der Waals surface area contributed by atoms with Gasteiger partial charge in [-0.05, 0) is 24.3 Å². The van der Waals surface area contributed by atoms with Gasteiger partial charge in [0, 0.05) is 17.8 Å². The molecule has 0 spiro atoms. The summed E-state index contributed by atoms with van der Waals surface area (Å²) in [5.74, 6) is 0.263. The second-order valence-electron chi connectivity index (χ2n) is 3.74. The lowest BCUT2D eigenvalue weighted by Gasteiger charge is -2.05. The van der Waals surface area contributed by atoms with E-state index in [-0.39, 0.29) is 12.4 Å². The van der Waals surface area contributed by atoms with Gasteiger partial charge in [-0.1, -0.05) is 11.6 Å². The summed E-state index contributed by atoms with van der Waals surface area (Å²) in [6, 6.07) is 9.95. The predicted molar refractivity (Wildman–Crippen MR) is 70.2 cm³/mol. The summed E-state index contributed by atoms with van der Waals surface area (Å²) in [5, 5.41) is 9.11. The molecule has 94 valence electrons. The molecule has 2 aromatic rings. The van der Waals surface area contributed by atoms with Gasteiger partial charge in [-0.3, -0.25) is 9.78 Å². The molecule has 0 atom stereocenters. The summed E-state index contributed by atoms with van der Waals surface area (Å²) in [4.78, 5) is 15.7. The number of carbonyl (C=O) groups is 1. The molecule has 1 heterocycles. The number of hydrogen-bond donors (Lipinski definition) is 0. The minimum Gasteiger partial charge on any atom is -0.484 e. The number of Topliss-reactive ketones (excluding diaryl/α,β-unsaturated/α-hetero) is 1. The number of hydrogen-bond acceptors (Lipinski definition) is 4. The number of ketones is 1. The Hall–Kier alpha value is -2.38. The highest BCUT2D eigenvalue weighted by molar-refractivity contribution is 6.30. The molecular weight excluding hydrogens is 264 g/mol. The number of pyridine rings is 1. The van der Waals surface area contributed by atoms with Crippen LogP contribution in [0.4, 0.5) is 0 Å². The summed E-state index contributed by atoms with van der Waals surface area (Å²) in [6.45, 7) is -0.103. The highest BCUT2D eigenvalue weighted by Crippen LogP contribution is 2.15. The van der Waals surface area contributed by atoms with Gasteiger partial charge < -0.3 is 4.74 Å². The van der Waals surface area contributed by atoms with Gasteiger partial charge in [0.15, 0.2) is 12.4 Å². The van der Waals surface area contributed by atoms with Crippen LogP contribution in [-0.4, -0.2) is 17.4 Å². The van der Waals surface area contributed by atoms with Crippen LogP contribution in [0.25, 0.3) is 0 Å². The lowest BCUT2D eigenvalue weighted by Crippen LogP contribution is -2.11. The van der Waals surface area contributed by atoms with E-state index < -0.39 is 0 Å². The van der Waals surface area contributed by atoms with Crippen molar-refractivity contribution in [1.82, 2.24) is 4.98 Å². The first-order valence-corrected chi connectivity index (χ1v) is 5.83. The van der Waals surface area contributed by atoms with Crippen LogP contribution in [0.1, 0.15) is 15.9 Å². The highest BCUT2D eigenvalue weighted by Gasteiger charge is 2.07. The van der Waals surface area contributed by atoms with E-state index in [1.165, 1.54) is 12.4 Å². The van der Waals surface area contributed by atoms with Crippen LogP contribution in [0.2, 0.25) is 5.02 Å². The molecule has 0 saturated carbocycles. The normalized spacial score (nSPS) is 9.68. The molecule has 0 fully saturated rings. The first-order chi connectivity index (χ1) is 9.19. The minimum atomic E-state index is -0.176.